The van der Waals surface area contributed by atoms with E-state index in [1.807, 2.05) is 20.8 Å². The van der Waals surface area contributed by atoms with Crippen molar-refractivity contribution in [3.63, 3.8) is 0 Å². The molecule has 1 aromatic carbocycles. The molecule has 0 atom stereocenters. The van der Waals surface area contributed by atoms with Crippen LogP contribution in [0.5, 0.6) is 0 Å². The van der Waals surface area contributed by atoms with Gasteiger partial charge in [0.15, 0.2) is 5.69 Å². The van der Waals surface area contributed by atoms with Crippen molar-refractivity contribution in [2.45, 2.75) is 33.1 Å². The van der Waals surface area contributed by atoms with Crippen LogP contribution >= 0.6 is 0 Å². The summed E-state index contributed by atoms with van der Waals surface area (Å²) in [6, 6.07) is 4.36. The number of nitro groups is 1. The van der Waals surface area contributed by atoms with Gasteiger partial charge in [-0.05, 0) is 12.5 Å². The molecule has 0 aliphatic rings. The van der Waals surface area contributed by atoms with E-state index in [-0.39, 0.29) is 11.4 Å². The highest BCUT2D eigenvalue weighted by atomic mass is 16.6. The molecule has 2 aromatic rings. The van der Waals surface area contributed by atoms with Gasteiger partial charge in [-0.1, -0.05) is 32.1 Å². The molecular weight excluding hydrogens is 288 g/mol. The minimum Gasteiger partial charge on any atom is -0.476 e. The van der Waals surface area contributed by atoms with E-state index in [0.29, 0.717) is 11.4 Å². The number of benzene rings is 1. The Labute approximate surface area is 126 Å². The maximum absolute atomic E-state index is 11.3. The number of aromatic carboxylic acids is 1. The second-order valence-corrected chi connectivity index (χ2v) is 5.98. The van der Waals surface area contributed by atoms with E-state index < -0.39 is 16.3 Å². The summed E-state index contributed by atoms with van der Waals surface area (Å²) < 4.78 is 1.37. The molecule has 0 saturated heterocycles. The molecular formula is C14H16N4O4. The van der Waals surface area contributed by atoms with E-state index in [0.717, 1.165) is 5.56 Å². The lowest BCUT2D eigenvalue weighted by Crippen LogP contribution is -2.21. The molecule has 116 valence electrons. The van der Waals surface area contributed by atoms with Gasteiger partial charge >= 0.3 is 5.97 Å². The largest absolute Gasteiger partial charge is 0.476 e. The Morgan fingerprint density at radius 1 is 1.36 bits per heavy atom. The van der Waals surface area contributed by atoms with E-state index in [1.54, 1.807) is 13.0 Å². The zero-order valence-corrected chi connectivity index (χ0v) is 12.7. The van der Waals surface area contributed by atoms with Crippen LogP contribution in [0, 0.1) is 17.0 Å². The van der Waals surface area contributed by atoms with Gasteiger partial charge in [-0.2, -0.15) is 0 Å². The Bertz CT molecular complexity index is 759. The molecule has 0 bridgehead atoms. The fourth-order valence-corrected chi connectivity index (χ4v) is 2.21. The van der Waals surface area contributed by atoms with E-state index in [2.05, 4.69) is 10.3 Å². The van der Waals surface area contributed by atoms with Crippen molar-refractivity contribution in [3.8, 4) is 5.69 Å². The van der Waals surface area contributed by atoms with Crippen molar-refractivity contribution in [2.24, 2.45) is 0 Å². The molecule has 0 unspecified atom stereocenters. The van der Waals surface area contributed by atoms with Crippen molar-refractivity contribution in [3.05, 3.63) is 45.3 Å². The molecule has 0 radical (unpaired) electrons. The van der Waals surface area contributed by atoms with Crippen LogP contribution in [0.4, 0.5) is 5.69 Å². The predicted octanol–water partition coefficient (Wildman–Crippen LogP) is 2.48. The van der Waals surface area contributed by atoms with Crippen LogP contribution in [0.15, 0.2) is 18.2 Å². The predicted molar refractivity (Wildman–Crippen MR) is 78.4 cm³/mol. The van der Waals surface area contributed by atoms with Gasteiger partial charge < -0.3 is 5.11 Å². The van der Waals surface area contributed by atoms with Gasteiger partial charge in [0.1, 0.15) is 0 Å². The van der Waals surface area contributed by atoms with Crippen LogP contribution in [0.1, 0.15) is 42.5 Å². The Morgan fingerprint density at radius 2 is 2.00 bits per heavy atom. The lowest BCUT2D eigenvalue weighted by molar-refractivity contribution is -0.384. The first-order valence-corrected chi connectivity index (χ1v) is 6.58. The van der Waals surface area contributed by atoms with Gasteiger partial charge in [-0.25, -0.2) is 9.48 Å². The second-order valence-electron chi connectivity index (χ2n) is 5.98. The summed E-state index contributed by atoms with van der Waals surface area (Å²) in [5.74, 6) is -1.18. The summed E-state index contributed by atoms with van der Waals surface area (Å²) in [5, 5.41) is 27.9. The van der Waals surface area contributed by atoms with Gasteiger partial charge in [-0.3, -0.25) is 10.1 Å². The first-order chi connectivity index (χ1) is 10.1. The van der Waals surface area contributed by atoms with Crippen LogP contribution < -0.4 is 0 Å². The molecule has 1 aromatic heterocycles. The third-order valence-corrected chi connectivity index (χ3v) is 3.21. The number of nitro benzene ring substituents is 1. The highest BCUT2D eigenvalue weighted by Gasteiger charge is 2.30. The number of non-ortho nitro benzene ring substituents is 1. The summed E-state index contributed by atoms with van der Waals surface area (Å²) in [6.07, 6.45) is 0. The van der Waals surface area contributed by atoms with Gasteiger partial charge in [0, 0.05) is 17.5 Å². The van der Waals surface area contributed by atoms with Crippen LogP contribution in [0.3, 0.4) is 0 Å². The Kier molecular flexibility index (Phi) is 3.70. The number of hydrogen-bond acceptors (Lipinski definition) is 5. The molecule has 0 aliphatic carbocycles. The number of hydrogen-bond donors (Lipinski definition) is 1. The van der Waals surface area contributed by atoms with E-state index in [4.69, 9.17) is 0 Å². The maximum atomic E-state index is 11.3. The SMILES string of the molecule is Cc1ccc([N+](=O)[O-])cc1-n1nnc(C(=O)O)c1C(C)(C)C. The third-order valence-electron chi connectivity index (χ3n) is 3.21. The molecule has 0 fully saturated rings. The quantitative estimate of drug-likeness (QED) is 0.688. The first kappa shape index (κ1) is 15.6. The van der Waals surface area contributed by atoms with Crippen molar-refractivity contribution in [1.29, 1.82) is 0 Å². The number of carboxylic acids is 1. The maximum Gasteiger partial charge on any atom is 0.358 e. The zero-order valence-electron chi connectivity index (χ0n) is 12.7. The molecule has 0 spiro atoms. The number of aromatic nitrogens is 3. The number of nitrogens with zero attached hydrogens (tertiary/aromatic N) is 4. The zero-order chi connectivity index (χ0) is 16.7. The monoisotopic (exact) mass is 304 g/mol. The van der Waals surface area contributed by atoms with Crippen LogP contribution in [0.25, 0.3) is 5.69 Å². The first-order valence-electron chi connectivity index (χ1n) is 6.58. The van der Waals surface area contributed by atoms with Crippen molar-refractivity contribution < 1.29 is 14.8 Å². The molecule has 1 N–H and O–H groups in total. The smallest absolute Gasteiger partial charge is 0.358 e. The number of carboxylic acid groups (broad SMARTS) is 1. The fourth-order valence-electron chi connectivity index (χ4n) is 2.21. The second kappa shape index (κ2) is 5.21. The normalized spacial score (nSPS) is 11.5. The standard InChI is InChI=1S/C14H16N4O4/c1-8-5-6-9(18(21)22)7-10(8)17-12(14(2,3)4)11(13(19)20)15-16-17/h5-7H,1-4H3,(H,19,20). The van der Waals surface area contributed by atoms with Gasteiger partial charge in [-0.15, -0.1) is 5.10 Å². The summed E-state index contributed by atoms with van der Waals surface area (Å²) in [6.45, 7) is 7.28. The summed E-state index contributed by atoms with van der Waals surface area (Å²) in [4.78, 5) is 21.8. The van der Waals surface area contributed by atoms with Gasteiger partial charge in [0.25, 0.3) is 5.69 Å². The van der Waals surface area contributed by atoms with Gasteiger partial charge in [0.2, 0.25) is 0 Å². The highest BCUT2D eigenvalue weighted by molar-refractivity contribution is 5.87. The molecule has 2 rings (SSSR count). The van der Waals surface area contributed by atoms with E-state index in [1.165, 1.54) is 16.8 Å². The van der Waals surface area contributed by atoms with Crippen molar-refractivity contribution in [1.82, 2.24) is 15.0 Å². The average molecular weight is 304 g/mol. The topological polar surface area (TPSA) is 111 Å². The Morgan fingerprint density at radius 3 is 2.50 bits per heavy atom. The van der Waals surface area contributed by atoms with Crippen LogP contribution in [-0.4, -0.2) is 31.0 Å². The fraction of sp³-hybridized carbons (Fsp3) is 0.357. The lowest BCUT2D eigenvalue weighted by Gasteiger charge is -2.21. The molecule has 1 heterocycles. The van der Waals surface area contributed by atoms with Gasteiger partial charge in [0.05, 0.1) is 16.3 Å². The molecule has 8 heteroatoms. The Balaban J connectivity index is 2.76. The number of carbonyl (C=O) groups is 1. The van der Waals surface area contributed by atoms with Crippen molar-refractivity contribution in [2.75, 3.05) is 0 Å². The molecule has 8 nitrogen and oxygen atoms in total. The van der Waals surface area contributed by atoms with Crippen LogP contribution in [0.2, 0.25) is 0 Å². The summed E-state index contributed by atoms with van der Waals surface area (Å²) >= 11 is 0. The van der Waals surface area contributed by atoms with E-state index >= 15 is 0 Å². The summed E-state index contributed by atoms with van der Waals surface area (Å²) in [5.41, 5.74) is 0.778. The minimum atomic E-state index is -1.18. The molecule has 0 amide bonds. The Hall–Kier alpha value is -2.77. The molecule has 0 aliphatic heterocycles. The minimum absolute atomic E-state index is 0.0900. The van der Waals surface area contributed by atoms with E-state index in [9.17, 15) is 20.0 Å². The van der Waals surface area contributed by atoms with Crippen molar-refractivity contribution >= 4 is 11.7 Å². The molecule has 22 heavy (non-hydrogen) atoms. The molecule has 0 saturated carbocycles. The number of rotatable bonds is 3. The lowest BCUT2D eigenvalue weighted by atomic mass is 9.90. The van der Waals surface area contributed by atoms with Crippen LogP contribution in [-0.2, 0) is 5.41 Å². The summed E-state index contributed by atoms with van der Waals surface area (Å²) in [7, 11) is 0. The highest BCUT2D eigenvalue weighted by Crippen LogP contribution is 2.29. The number of aryl methyl sites for hydroxylation is 1. The average Bonchev–Trinajstić information content (AvgIpc) is 2.83. The third kappa shape index (κ3) is 2.67.